The van der Waals surface area contributed by atoms with Crippen LogP contribution in [0.5, 0.6) is 0 Å². The summed E-state index contributed by atoms with van der Waals surface area (Å²) in [4.78, 5) is 11.6. The number of carbonyl (C=O) groups excluding carboxylic acids is 1. The topological polar surface area (TPSA) is 49.4 Å². The van der Waals surface area contributed by atoms with E-state index in [2.05, 4.69) is 20.8 Å². The van der Waals surface area contributed by atoms with Gasteiger partial charge in [0.25, 0.3) is 0 Å². The zero-order chi connectivity index (χ0) is 12.2. The molecule has 0 amide bonds. The maximum atomic E-state index is 11.6. The molecule has 0 aliphatic carbocycles. The van der Waals surface area contributed by atoms with Gasteiger partial charge >= 0.3 is 51.4 Å². The summed E-state index contributed by atoms with van der Waals surface area (Å²) < 4.78 is 5.76. The van der Waals surface area contributed by atoms with E-state index in [0.717, 1.165) is 31.0 Å². The minimum atomic E-state index is -1.91. The fourth-order valence-corrected chi connectivity index (χ4v) is 7.96. The smallest absolute Gasteiger partial charge is 0.547 e. The first-order valence-corrected chi connectivity index (χ1v) is 9.06. The first-order valence-electron chi connectivity index (χ1n) is 6.44. The Balaban J connectivity index is 0.00000256. The van der Waals surface area contributed by atoms with Crippen molar-refractivity contribution >= 4 is 14.0 Å². The van der Waals surface area contributed by atoms with Crippen LogP contribution in [-0.4, -0.2) is 25.9 Å². The molecule has 0 aromatic heterocycles. The molecule has 0 N–H and O–H groups in total. The normalized spacial score (nSPS) is 25.1. The molecule has 0 aromatic rings. The van der Waals surface area contributed by atoms with Gasteiger partial charge in [-0.05, 0) is 19.3 Å². The molecule has 1 rings (SSSR count). The van der Waals surface area contributed by atoms with Crippen LogP contribution in [0.1, 0.15) is 40.0 Å². The Labute approximate surface area is 148 Å². The first-order chi connectivity index (χ1) is 7.58. The Bertz CT molecular complexity index is 240. The van der Waals surface area contributed by atoms with Gasteiger partial charge in [0.2, 0.25) is 0 Å². The van der Waals surface area contributed by atoms with Crippen molar-refractivity contribution in [3.63, 3.8) is 0 Å². The summed E-state index contributed by atoms with van der Waals surface area (Å²) in [6.45, 7) is 6.92. The van der Waals surface area contributed by atoms with Crippen molar-refractivity contribution < 1.29 is 66.0 Å². The van der Waals surface area contributed by atoms with Crippen molar-refractivity contribution in [3.05, 3.63) is 0 Å². The maximum Gasteiger partial charge on any atom is 1.00 e. The van der Waals surface area contributed by atoms with Gasteiger partial charge in [0.05, 0.1) is 19.3 Å². The van der Waals surface area contributed by atoms with Crippen molar-refractivity contribution in [3.8, 4) is 0 Å². The van der Waals surface area contributed by atoms with Gasteiger partial charge in [-0.2, -0.15) is 0 Å². The molecule has 1 aliphatic heterocycles. The van der Waals surface area contributed by atoms with Crippen LogP contribution in [-0.2, 0) is 9.53 Å². The summed E-state index contributed by atoms with van der Waals surface area (Å²) in [6, 6.07) is 2.90. The van der Waals surface area contributed by atoms with Gasteiger partial charge in [-0.1, -0.05) is 38.9 Å². The number of hydrogen-bond donors (Lipinski definition) is 0. The fraction of sp³-hybridized carbons (Fsp3) is 0.917. The molecule has 1 saturated heterocycles. The molecule has 94 valence electrons. The molecule has 3 nitrogen and oxygen atoms in total. The fourth-order valence-electron chi connectivity index (χ4n) is 3.20. The number of carboxylic acid groups (broad SMARTS) is 1. The van der Waals surface area contributed by atoms with Crippen LogP contribution in [0.4, 0.5) is 0 Å². The molecular formula is C12H23KO3Si. The molecule has 0 spiro atoms. The van der Waals surface area contributed by atoms with Crippen LogP contribution in [0.2, 0.25) is 18.1 Å². The van der Waals surface area contributed by atoms with E-state index >= 15 is 0 Å². The third-order valence-corrected chi connectivity index (χ3v) is 10.9. The molecule has 5 heteroatoms. The number of rotatable bonds is 5. The molecule has 17 heavy (non-hydrogen) atoms. The van der Waals surface area contributed by atoms with Crippen molar-refractivity contribution in [2.24, 2.45) is 0 Å². The Morgan fingerprint density at radius 2 is 1.76 bits per heavy atom. The Morgan fingerprint density at radius 3 is 2.06 bits per heavy atom. The van der Waals surface area contributed by atoms with Crippen LogP contribution in [0.25, 0.3) is 0 Å². The zero-order valence-electron chi connectivity index (χ0n) is 11.7. The third-order valence-electron chi connectivity index (χ3n) is 4.49. The van der Waals surface area contributed by atoms with Gasteiger partial charge in [0, 0.05) is 6.61 Å². The van der Waals surface area contributed by atoms with Crippen LogP contribution < -0.4 is 56.5 Å². The predicted octanol–water partition coefficient (Wildman–Crippen LogP) is -1.27. The number of carboxylic acids is 1. The van der Waals surface area contributed by atoms with E-state index < -0.39 is 19.3 Å². The number of aliphatic carboxylic acids is 1. The summed E-state index contributed by atoms with van der Waals surface area (Å²) in [6.07, 6.45) is 2.61. The van der Waals surface area contributed by atoms with Crippen LogP contribution in [0.3, 0.4) is 0 Å². The summed E-state index contributed by atoms with van der Waals surface area (Å²) >= 11 is 0. The quantitative estimate of drug-likeness (QED) is 0.591. The van der Waals surface area contributed by atoms with Gasteiger partial charge in [-0.25, -0.2) is 0 Å². The molecule has 1 fully saturated rings. The number of ether oxygens (including phenoxy) is 1. The zero-order valence-corrected chi connectivity index (χ0v) is 15.8. The Morgan fingerprint density at radius 1 is 1.24 bits per heavy atom. The van der Waals surface area contributed by atoms with Gasteiger partial charge < -0.3 is 14.6 Å². The van der Waals surface area contributed by atoms with Gasteiger partial charge in [-0.15, -0.1) is 0 Å². The summed E-state index contributed by atoms with van der Waals surface area (Å²) in [5, 5.41) is 10.7. The van der Waals surface area contributed by atoms with Gasteiger partial charge in [0.1, 0.15) is 0 Å². The van der Waals surface area contributed by atoms with E-state index in [-0.39, 0.29) is 51.4 Å². The largest absolute Gasteiger partial charge is 1.00 e. The van der Waals surface area contributed by atoms with Crippen molar-refractivity contribution in [1.29, 1.82) is 0 Å². The van der Waals surface area contributed by atoms with Crippen molar-refractivity contribution in [1.82, 2.24) is 0 Å². The second-order valence-corrected chi connectivity index (χ2v) is 10.3. The number of hydrogen-bond acceptors (Lipinski definition) is 3. The summed E-state index contributed by atoms with van der Waals surface area (Å²) in [7, 11) is -1.91. The Hall–Kier alpha value is 1.28. The third kappa shape index (κ3) is 3.24. The monoisotopic (exact) mass is 282 g/mol. The molecule has 1 aliphatic rings. The molecular weight excluding hydrogens is 259 g/mol. The van der Waals surface area contributed by atoms with Crippen molar-refractivity contribution in [2.75, 3.05) is 6.61 Å². The number of carbonyl (C=O) groups is 1. The van der Waals surface area contributed by atoms with E-state index in [9.17, 15) is 9.90 Å². The van der Waals surface area contributed by atoms with E-state index in [1.54, 1.807) is 0 Å². The van der Waals surface area contributed by atoms with Gasteiger partial charge in [-0.3, -0.25) is 0 Å². The molecule has 1 heterocycles. The standard InChI is InChI=1S/C12H24O3Si.K/c1-4-16(5-2,6-3)12(11(13)14)9-7-8-10-15-12;/h4-10H2,1-3H3,(H,13,14);/q;+1/p-1. The second kappa shape index (κ2) is 7.77. The van der Waals surface area contributed by atoms with Gasteiger partial charge in [0.15, 0.2) is 0 Å². The van der Waals surface area contributed by atoms with E-state index in [1.165, 1.54) is 0 Å². The van der Waals surface area contributed by atoms with Crippen molar-refractivity contribution in [2.45, 2.75) is 63.4 Å². The van der Waals surface area contributed by atoms with Crippen LogP contribution >= 0.6 is 0 Å². The summed E-state index contributed by atoms with van der Waals surface area (Å²) in [5.74, 6) is -0.954. The average Bonchev–Trinajstić information content (AvgIpc) is 2.33. The minimum Gasteiger partial charge on any atom is -0.547 e. The SMILES string of the molecule is CC[Si](CC)(CC)C1(C(=O)[O-])CCCCO1.[K+]. The molecule has 0 saturated carbocycles. The van der Waals surface area contributed by atoms with Crippen LogP contribution in [0.15, 0.2) is 0 Å². The maximum absolute atomic E-state index is 11.6. The summed E-state index contributed by atoms with van der Waals surface area (Å²) in [5.41, 5.74) is 0. The van der Waals surface area contributed by atoms with Crippen LogP contribution in [0, 0.1) is 0 Å². The molecule has 0 aromatic carbocycles. The first kappa shape index (κ1) is 18.3. The minimum absolute atomic E-state index is 0. The van der Waals surface area contributed by atoms with E-state index in [1.807, 2.05) is 0 Å². The molecule has 1 atom stereocenters. The molecule has 1 unspecified atom stereocenters. The molecule has 0 radical (unpaired) electrons. The average molecular weight is 282 g/mol. The van der Waals surface area contributed by atoms with E-state index in [0.29, 0.717) is 13.0 Å². The van der Waals surface area contributed by atoms with E-state index in [4.69, 9.17) is 4.74 Å². The predicted molar refractivity (Wildman–Crippen MR) is 64.7 cm³/mol. The Kier molecular flexibility index (Phi) is 8.36. The molecule has 0 bridgehead atoms. The second-order valence-electron chi connectivity index (χ2n) is 4.76.